The number of halogens is 1. The third kappa shape index (κ3) is 15.3. The smallest absolute Gasteiger partial charge is 0.248 e. The number of aryl methyl sites for hydroxylation is 2. The van der Waals surface area contributed by atoms with Gasteiger partial charge in [-0.1, -0.05) is 68.8 Å². The standard InChI is InChI=1S/C57H75ClN10O9S/c1-38-51(78-37-63-38)41-8-5-39(6-9-41)7-14-49(71)48-32-43(69)33-68(48)54(73)46(56(2,3)4)31-44(70)34-76-29-27-75-28-30-77-35-50(72)66-25-23-65(24-26-66)20-16-47(40-10-12-42(58)13-11-40)64-55(74)57(59)17-21-67(22-18-57)53-45-15-19-60-52(45)61-36-62-53/h5-6,8-13,15,19,36-37,43,46-48,69H,7,14,16-18,20-35,59H2,1-4H3,(H,64,74)(H,60,61,62)/t43-,46-,47+,48?/m1/s1. The number of benzene rings is 2. The maximum atomic E-state index is 14.1. The molecule has 3 amide bonds. The number of H-pyrrole nitrogens is 1. The molecular weight excluding hydrogens is 1040 g/mol. The number of rotatable bonds is 25. The highest BCUT2D eigenvalue weighted by Gasteiger charge is 2.44. The molecule has 5 aromatic rings. The molecule has 3 saturated heterocycles. The fraction of sp³-hybridized carbons (Fsp3) is 0.544. The summed E-state index contributed by atoms with van der Waals surface area (Å²) >= 11 is 7.83. The Hall–Kier alpha value is -5.71. The quantitative estimate of drug-likeness (QED) is 0.0523. The van der Waals surface area contributed by atoms with Gasteiger partial charge in [-0.25, -0.2) is 15.0 Å². The van der Waals surface area contributed by atoms with E-state index in [1.807, 2.05) is 94.0 Å². The van der Waals surface area contributed by atoms with Gasteiger partial charge in [0.2, 0.25) is 17.7 Å². The second kappa shape index (κ2) is 27.0. The number of carbonyl (C=O) groups is 5. The summed E-state index contributed by atoms with van der Waals surface area (Å²) in [5.41, 5.74) is 11.8. The molecule has 0 saturated carbocycles. The van der Waals surface area contributed by atoms with Gasteiger partial charge < -0.3 is 50.1 Å². The van der Waals surface area contributed by atoms with Crippen LogP contribution in [0.4, 0.5) is 5.82 Å². The monoisotopic (exact) mass is 1110 g/mol. The van der Waals surface area contributed by atoms with Crippen LogP contribution in [-0.2, 0) is 44.6 Å². The van der Waals surface area contributed by atoms with Crippen LogP contribution in [0.25, 0.3) is 21.5 Å². The van der Waals surface area contributed by atoms with Gasteiger partial charge in [-0.3, -0.25) is 28.9 Å². The minimum atomic E-state index is -1.04. The van der Waals surface area contributed by atoms with Crippen molar-refractivity contribution in [2.24, 2.45) is 17.1 Å². The number of likely N-dealkylation sites (tertiary alicyclic amines) is 1. The number of aromatic amines is 1. The van der Waals surface area contributed by atoms with Crippen molar-refractivity contribution in [2.75, 3.05) is 96.9 Å². The van der Waals surface area contributed by atoms with Crippen LogP contribution in [0.1, 0.15) is 82.2 Å². The molecule has 19 nitrogen and oxygen atoms in total. The number of Topliss-reactive ketones (excluding diaryl/α,β-unsaturated/α-hetero) is 2. The number of amides is 3. The number of aromatic nitrogens is 4. The number of thiazole rings is 1. The molecule has 420 valence electrons. The van der Waals surface area contributed by atoms with Gasteiger partial charge in [0.1, 0.15) is 31.0 Å². The Morgan fingerprint density at radius 2 is 1.59 bits per heavy atom. The largest absolute Gasteiger partial charge is 0.391 e. The zero-order valence-electron chi connectivity index (χ0n) is 45.3. The lowest BCUT2D eigenvalue weighted by atomic mass is 9.76. The van der Waals surface area contributed by atoms with Crippen LogP contribution in [0.15, 0.2) is 72.6 Å². The first-order valence-corrected chi connectivity index (χ1v) is 28.4. The highest BCUT2D eigenvalue weighted by Crippen LogP contribution is 2.35. The number of piperazine rings is 1. The minimum Gasteiger partial charge on any atom is -0.391 e. The SMILES string of the molecule is Cc1ncsc1-c1ccc(CCC(=O)C2C[C@@H](O)CN2C(=O)[C@@H](CC(=O)COCCOCCOCC(=O)N2CCN(CC[C@H](NC(=O)C3(N)CCN(c4ncnc5[nH]ccc45)CC3)c3ccc(Cl)cc3)CC2)C(C)(C)C)cc1. The Labute approximate surface area is 465 Å². The summed E-state index contributed by atoms with van der Waals surface area (Å²) in [5, 5.41) is 15.5. The van der Waals surface area contributed by atoms with Gasteiger partial charge in [0.15, 0.2) is 11.6 Å². The number of hydrogen-bond acceptors (Lipinski definition) is 16. The Morgan fingerprint density at radius 3 is 2.27 bits per heavy atom. The number of aliphatic hydroxyl groups excluding tert-OH is 1. The maximum Gasteiger partial charge on any atom is 0.248 e. The van der Waals surface area contributed by atoms with Gasteiger partial charge in [-0.05, 0) is 72.9 Å². The maximum absolute atomic E-state index is 14.1. The van der Waals surface area contributed by atoms with Crippen LogP contribution >= 0.6 is 22.9 Å². The van der Waals surface area contributed by atoms with Gasteiger partial charge in [-0.2, -0.15) is 0 Å². The summed E-state index contributed by atoms with van der Waals surface area (Å²) in [5.74, 6) is -0.847. The summed E-state index contributed by atoms with van der Waals surface area (Å²) < 4.78 is 16.9. The molecule has 3 aliphatic heterocycles. The average molecular weight is 1110 g/mol. The third-order valence-corrected chi connectivity index (χ3v) is 16.6. The first-order chi connectivity index (χ1) is 37.5. The number of hydrogen-bond donors (Lipinski definition) is 4. The van der Waals surface area contributed by atoms with Crippen molar-refractivity contribution in [3.8, 4) is 10.4 Å². The number of carbonyl (C=O) groups excluding carboxylic acids is 5. The molecule has 78 heavy (non-hydrogen) atoms. The van der Waals surface area contributed by atoms with E-state index in [9.17, 15) is 29.1 Å². The second-order valence-electron chi connectivity index (χ2n) is 21.9. The van der Waals surface area contributed by atoms with Crippen LogP contribution in [0.2, 0.25) is 5.02 Å². The summed E-state index contributed by atoms with van der Waals surface area (Å²) in [6, 6.07) is 16.5. The third-order valence-electron chi connectivity index (χ3n) is 15.3. The minimum absolute atomic E-state index is 0.0448. The molecule has 3 fully saturated rings. The zero-order chi connectivity index (χ0) is 55.4. The van der Waals surface area contributed by atoms with Crippen molar-refractivity contribution in [1.82, 2.24) is 40.0 Å². The van der Waals surface area contributed by atoms with Gasteiger partial charge in [-0.15, -0.1) is 11.3 Å². The fourth-order valence-corrected chi connectivity index (χ4v) is 11.5. The van der Waals surface area contributed by atoms with E-state index in [1.165, 1.54) is 4.90 Å². The Morgan fingerprint density at radius 1 is 0.897 bits per heavy atom. The molecule has 4 atom stereocenters. The topological polar surface area (TPSA) is 239 Å². The molecule has 0 bridgehead atoms. The molecule has 3 aliphatic rings. The first kappa shape index (κ1) is 58.4. The highest BCUT2D eigenvalue weighted by atomic mass is 35.5. The lowest BCUT2D eigenvalue weighted by molar-refractivity contribution is -0.146. The molecule has 0 aliphatic carbocycles. The molecule has 8 rings (SSSR count). The summed E-state index contributed by atoms with van der Waals surface area (Å²) in [4.78, 5) is 93.0. The van der Waals surface area contributed by atoms with Crippen molar-refractivity contribution in [3.63, 3.8) is 0 Å². The van der Waals surface area contributed by atoms with Crippen molar-refractivity contribution < 1.29 is 43.3 Å². The van der Waals surface area contributed by atoms with Crippen LogP contribution in [-0.4, -0.2) is 179 Å². The highest BCUT2D eigenvalue weighted by molar-refractivity contribution is 7.13. The van der Waals surface area contributed by atoms with Crippen LogP contribution in [0.5, 0.6) is 0 Å². The number of fused-ring (bicyclic) bond motifs is 1. The molecule has 0 radical (unpaired) electrons. The number of nitrogens with zero attached hydrogens (tertiary/aromatic N) is 7. The predicted molar refractivity (Wildman–Crippen MR) is 299 cm³/mol. The predicted octanol–water partition coefficient (Wildman–Crippen LogP) is 5.57. The lowest BCUT2D eigenvalue weighted by Gasteiger charge is -2.39. The fourth-order valence-electron chi connectivity index (χ4n) is 10.5. The van der Waals surface area contributed by atoms with Crippen LogP contribution < -0.4 is 16.0 Å². The Balaban J connectivity index is 0.690. The number of piperidine rings is 1. The number of anilines is 1. The lowest BCUT2D eigenvalue weighted by Crippen LogP contribution is -2.60. The number of nitrogens with one attached hydrogen (secondary N) is 2. The van der Waals surface area contributed by atoms with Crippen molar-refractivity contribution in [1.29, 1.82) is 0 Å². The molecule has 6 heterocycles. The number of ketones is 2. The summed E-state index contributed by atoms with van der Waals surface area (Å²) in [7, 11) is 0. The molecule has 21 heteroatoms. The van der Waals surface area contributed by atoms with Crippen LogP contribution in [0.3, 0.4) is 0 Å². The number of ether oxygens (including phenoxy) is 3. The van der Waals surface area contributed by atoms with E-state index in [1.54, 1.807) is 22.6 Å². The first-order valence-electron chi connectivity index (χ1n) is 27.1. The molecule has 2 aromatic carbocycles. The Kier molecular flexibility index (Phi) is 20.2. The molecule has 3 aromatic heterocycles. The van der Waals surface area contributed by atoms with E-state index in [-0.39, 0.29) is 101 Å². The normalized spacial score (nSPS) is 18.8. The Bertz CT molecular complexity index is 2810. The van der Waals surface area contributed by atoms with Gasteiger partial charge in [0.25, 0.3) is 0 Å². The number of β-amino-alcohol motifs (C(OH)–C–C–N with tert-alkyl or cyclic N) is 1. The van der Waals surface area contributed by atoms with Crippen molar-refractivity contribution in [3.05, 3.63) is 94.5 Å². The molecule has 1 unspecified atom stereocenters. The van der Waals surface area contributed by atoms with Crippen molar-refractivity contribution in [2.45, 2.75) is 96.4 Å². The van der Waals surface area contributed by atoms with Gasteiger partial charge in [0, 0.05) is 88.8 Å². The number of nitrogens with two attached hydrogens (primary N) is 1. The van der Waals surface area contributed by atoms with E-state index in [2.05, 4.69) is 35.1 Å². The van der Waals surface area contributed by atoms with E-state index < -0.39 is 29.0 Å². The molecule has 0 spiro atoms. The van der Waals surface area contributed by atoms with E-state index in [0.29, 0.717) is 76.5 Å². The van der Waals surface area contributed by atoms with Gasteiger partial charge >= 0.3 is 0 Å². The summed E-state index contributed by atoms with van der Waals surface area (Å²) in [6.45, 7) is 12.5. The average Bonchev–Trinajstić information content (AvgIpc) is 4.20. The van der Waals surface area contributed by atoms with Gasteiger partial charge in [0.05, 0.1) is 71.6 Å². The molecular formula is C57H75ClN10O9S. The second-order valence-corrected chi connectivity index (χ2v) is 23.2. The number of aliphatic hydroxyl groups is 1. The zero-order valence-corrected chi connectivity index (χ0v) is 46.9. The van der Waals surface area contributed by atoms with E-state index in [0.717, 1.165) is 44.1 Å². The van der Waals surface area contributed by atoms with Crippen LogP contribution in [0, 0.1) is 18.3 Å². The molecule has 5 N–H and O–H groups in total. The summed E-state index contributed by atoms with van der Waals surface area (Å²) in [6.07, 6.45) is 4.97. The van der Waals surface area contributed by atoms with E-state index in [4.69, 9.17) is 31.5 Å². The van der Waals surface area contributed by atoms with E-state index >= 15 is 0 Å². The van der Waals surface area contributed by atoms with Crippen molar-refractivity contribution >= 4 is 69.1 Å².